The molecule has 5 atom stereocenters. The lowest BCUT2D eigenvalue weighted by Gasteiger charge is -2.44. The van der Waals surface area contributed by atoms with Crippen LogP contribution in [0.5, 0.6) is 0 Å². The van der Waals surface area contributed by atoms with E-state index in [-0.39, 0.29) is 6.61 Å². The molecule has 2 heterocycles. The summed E-state index contributed by atoms with van der Waals surface area (Å²) in [5, 5.41) is 9.29. The van der Waals surface area contributed by atoms with Crippen molar-refractivity contribution in [2.45, 2.75) is 55.5 Å². The molecule has 1 aromatic heterocycles. The van der Waals surface area contributed by atoms with Crippen LogP contribution in [-0.4, -0.2) is 63.3 Å². The molecule has 0 N–H and O–H groups in total. The standard InChI is InChI=1S/C26H25Cl2N3O7S/c1-14(32)35-13-22-24(36-15(2)33)23(31-12-21(29-30-31)17-7-5-4-6-8-17)25(37-16(3)34)26(38-22)39-18-9-10-19(27)20(28)11-18/h4-12,22-26H,13H2,1-3H3/t22?,23?,24-,25?,26+/m0/s1. The molecule has 3 aromatic rings. The van der Waals surface area contributed by atoms with Gasteiger partial charge in [-0.2, -0.15) is 0 Å². The summed E-state index contributed by atoms with van der Waals surface area (Å²) in [6.07, 6.45) is -1.33. The highest BCUT2D eigenvalue weighted by molar-refractivity contribution is 7.99. The SMILES string of the molecule is CC(=O)OCC1O[C@H](Sc2ccc(Cl)c(Cl)c2)C(OC(C)=O)C(n2cc(-c3ccccc3)nn2)[C@H]1OC(C)=O. The molecule has 0 bridgehead atoms. The van der Waals surface area contributed by atoms with Crippen molar-refractivity contribution < 1.29 is 33.3 Å². The Hall–Kier alpha value is -3.12. The number of esters is 3. The topological polar surface area (TPSA) is 119 Å². The Morgan fingerprint density at radius 1 is 0.949 bits per heavy atom. The van der Waals surface area contributed by atoms with Gasteiger partial charge in [0, 0.05) is 31.2 Å². The lowest BCUT2D eigenvalue weighted by atomic mass is 9.96. The maximum atomic E-state index is 12.3. The van der Waals surface area contributed by atoms with Crippen molar-refractivity contribution in [1.29, 1.82) is 0 Å². The van der Waals surface area contributed by atoms with Crippen LogP contribution in [0.2, 0.25) is 10.0 Å². The van der Waals surface area contributed by atoms with Crippen molar-refractivity contribution >= 4 is 52.9 Å². The van der Waals surface area contributed by atoms with Gasteiger partial charge in [0.25, 0.3) is 0 Å². The molecule has 1 aliphatic heterocycles. The molecule has 0 spiro atoms. The highest BCUT2D eigenvalue weighted by atomic mass is 35.5. The van der Waals surface area contributed by atoms with E-state index in [1.807, 2.05) is 30.3 Å². The highest BCUT2D eigenvalue weighted by Crippen LogP contribution is 2.42. The molecule has 206 valence electrons. The second-order valence-corrected chi connectivity index (χ2v) is 10.6. The minimum absolute atomic E-state index is 0.227. The quantitative estimate of drug-likeness (QED) is 0.267. The first-order chi connectivity index (χ1) is 18.6. The predicted octanol–water partition coefficient (Wildman–Crippen LogP) is 4.74. The van der Waals surface area contributed by atoms with Crippen molar-refractivity contribution in [2.24, 2.45) is 0 Å². The van der Waals surface area contributed by atoms with Crippen LogP contribution in [0.3, 0.4) is 0 Å². The van der Waals surface area contributed by atoms with Crippen molar-refractivity contribution in [3.05, 3.63) is 64.8 Å². The molecule has 0 aliphatic carbocycles. The molecule has 1 aliphatic rings. The maximum absolute atomic E-state index is 12.3. The molecule has 0 radical (unpaired) electrons. The van der Waals surface area contributed by atoms with E-state index in [0.717, 1.165) is 5.56 Å². The Morgan fingerprint density at radius 2 is 1.64 bits per heavy atom. The van der Waals surface area contributed by atoms with Crippen LogP contribution in [0.1, 0.15) is 26.8 Å². The Kier molecular flexibility index (Phi) is 9.49. The zero-order chi connectivity index (χ0) is 28.1. The van der Waals surface area contributed by atoms with Crippen molar-refractivity contribution in [2.75, 3.05) is 6.61 Å². The Bertz CT molecular complexity index is 1340. The van der Waals surface area contributed by atoms with Crippen molar-refractivity contribution in [3.8, 4) is 11.3 Å². The minimum atomic E-state index is -1.05. The van der Waals surface area contributed by atoms with Gasteiger partial charge in [-0.15, -0.1) is 5.10 Å². The van der Waals surface area contributed by atoms with E-state index >= 15 is 0 Å². The molecule has 39 heavy (non-hydrogen) atoms. The monoisotopic (exact) mass is 593 g/mol. The van der Waals surface area contributed by atoms with Crippen LogP contribution in [-0.2, 0) is 33.3 Å². The number of carbonyl (C=O) groups is 3. The fourth-order valence-corrected chi connectivity index (χ4v) is 5.64. The summed E-state index contributed by atoms with van der Waals surface area (Å²) >= 11 is 13.5. The molecule has 10 nitrogen and oxygen atoms in total. The number of carbonyl (C=O) groups excluding carboxylic acids is 3. The number of rotatable bonds is 8. The molecule has 0 saturated carbocycles. The zero-order valence-corrected chi connectivity index (χ0v) is 23.5. The maximum Gasteiger partial charge on any atom is 0.303 e. The van der Waals surface area contributed by atoms with Crippen LogP contribution in [0.15, 0.2) is 59.6 Å². The normalized spacial score (nSPS) is 22.6. The van der Waals surface area contributed by atoms with Gasteiger partial charge in [-0.25, -0.2) is 4.68 Å². The minimum Gasteiger partial charge on any atom is -0.463 e. The average Bonchev–Trinajstić information content (AvgIpc) is 3.36. The summed E-state index contributed by atoms with van der Waals surface area (Å²) < 4.78 is 24.4. The van der Waals surface area contributed by atoms with E-state index in [1.165, 1.54) is 37.2 Å². The third-order valence-corrected chi connectivity index (χ3v) is 7.58. The van der Waals surface area contributed by atoms with Crippen LogP contribution in [0, 0.1) is 0 Å². The fraction of sp³-hybridized carbons (Fsp3) is 0.346. The number of hydrogen-bond acceptors (Lipinski definition) is 10. The third-order valence-electron chi connectivity index (χ3n) is 5.70. The molecule has 2 aromatic carbocycles. The number of thioether (sulfide) groups is 1. The van der Waals surface area contributed by atoms with E-state index in [2.05, 4.69) is 10.3 Å². The van der Waals surface area contributed by atoms with Gasteiger partial charge in [-0.3, -0.25) is 14.4 Å². The highest BCUT2D eigenvalue weighted by Gasteiger charge is 2.52. The molecule has 1 fully saturated rings. The van der Waals surface area contributed by atoms with Crippen molar-refractivity contribution in [1.82, 2.24) is 15.0 Å². The van der Waals surface area contributed by atoms with E-state index in [0.29, 0.717) is 20.6 Å². The lowest BCUT2D eigenvalue weighted by molar-refractivity contribution is -0.212. The summed E-state index contributed by atoms with van der Waals surface area (Å²) in [6.45, 7) is 3.54. The Balaban J connectivity index is 1.79. The molecular formula is C26H25Cl2N3O7S. The number of hydrogen-bond donors (Lipinski definition) is 0. The van der Waals surface area contributed by atoms with Gasteiger partial charge in [0.15, 0.2) is 12.2 Å². The van der Waals surface area contributed by atoms with Gasteiger partial charge < -0.3 is 18.9 Å². The van der Waals surface area contributed by atoms with Crippen LogP contribution >= 0.6 is 35.0 Å². The average molecular weight is 594 g/mol. The summed E-state index contributed by atoms with van der Waals surface area (Å²) in [4.78, 5) is 36.8. The predicted molar refractivity (Wildman–Crippen MR) is 143 cm³/mol. The van der Waals surface area contributed by atoms with Gasteiger partial charge in [-0.1, -0.05) is 70.5 Å². The fourth-order valence-electron chi connectivity index (χ4n) is 4.13. The summed E-state index contributed by atoms with van der Waals surface area (Å²) in [6, 6.07) is 13.5. The Morgan fingerprint density at radius 3 is 2.28 bits per heavy atom. The van der Waals surface area contributed by atoms with E-state index in [1.54, 1.807) is 24.4 Å². The van der Waals surface area contributed by atoms with Crippen LogP contribution in [0.25, 0.3) is 11.3 Å². The number of halogens is 2. The van der Waals surface area contributed by atoms with Crippen LogP contribution < -0.4 is 0 Å². The number of ether oxygens (including phenoxy) is 4. The second kappa shape index (κ2) is 12.8. The van der Waals surface area contributed by atoms with E-state index in [9.17, 15) is 14.4 Å². The molecular weight excluding hydrogens is 569 g/mol. The summed E-state index contributed by atoms with van der Waals surface area (Å²) in [7, 11) is 0. The zero-order valence-electron chi connectivity index (χ0n) is 21.2. The summed E-state index contributed by atoms with van der Waals surface area (Å²) in [5.74, 6) is -1.74. The molecule has 0 amide bonds. The van der Waals surface area contributed by atoms with Gasteiger partial charge in [-0.05, 0) is 18.2 Å². The van der Waals surface area contributed by atoms with E-state index < -0.39 is 47.7 Å². The van der Waals surface area contributed by atoms with Crippen LogP contribution in [0.4, 0.5) is 0 Å². The van der Waals surface area contributed by atoms with Gasteiger partial charge >= 0.3 is 17.9 Å². The second-order valence-electron chi connectivity index (χ2n) is 8.63. The largest absolute Gasteiger partial charge is 0.463 e. The first-order valence-electron chi connectivity index (χ1n) is 11.8. The number of benzene rings is 2. The molecule has 4 rings (SSSR count). The number of nitrogens with zero attached hydrogens (tertiary/aromatic N) is 3. The third kappa shape index (κ3) is 7.30. The molecule has 1 saturated heterocycles. The summed E-state index contributed by atoms with van der Waals surface area (Å²) in [5.41, 5.74) is 0.505. The molecule has 3 unspecified atom stereocenters. The van der Waals surface area contributed by atoms with Gasteiger partial charge in [0.2, 0.25) is 0 Å². The Labute approximate surface area is 238 Å². The lowest BCUT2D eigenvalue weighted by Crippen LogP contribution is -2.57. The van der Waals surface area contributed by atoms with Crippen molar-refractivity contribution in [3.63, 3.8) is 0 Å². The van der Waals surface area contributed by atoms with Gasteiger partial charge in [0.1, 0.15) is 29.9 Å². The smallest absolute Gasteiger partial charge is 0.303 e. The number of aromatic nitrogens is 3. The van der Waals surface area contributed by atoms with E-state index in [4.69, 9.17) is 42.1 Å². The van der Waals surface area contributed by atoms with Gasteiger partial charge in [0.05, 0.1) is 16.2 Å². The molecule has 13 heteroatoms. The first-order valence-corrected chi connectivity index (χ1v) is 13.5. The first kappa shape index (κ1) is 28.9.